The van der Waals surface area contributed by atoms with Gasteiger partial charge in [-0.05, 0) is 52.3 Å². The molecule has 29 heavy (non-hydrogen) atoms. The van der Waals surface area contributed by atoms with Gasteiger partial charge < -0.3 is 14.6 Å². The fourth-order valence-electron chi connectivity index (χ4n) is 2.28. The molecule has 1 amide bonds. The number of phenols is 1. The number of phenolic OH excluding ortho intramolecular Hbond substituents is 1. The van der Waals surface area contributed by atoms with Gasteiger partial charge >= 0.3 is 12.2 Å². The van der Waals surface area contributed by atoms with E-state index in [1.165, 1.54) is 6.21 Å². The number of carbonyl (C=O) groups excluding carboxylic acids is 1. The van der Waals surface area contributed by atoms with Gasteiger partial charge in [0.2, 0.25) is 0 Å². The second-order valence-corrected chi connectivity index (χ2v) is 7.52. The Hall–Kier alpha value is -2.84. The molecule has 2 N–H and O–H groups in total. The zero-order valence-corrected chi connectivity index (χ0v) is 18.1. The Kier molecular flexibility index (Phi) is 7.26. The van der Waals surface area contributed by atoms with E-state index in [1.807, 2.05) is 12.1 Å². The summed E-state index contributed by atoms with van der Waals surface area (Å²) in [5.74, 6) is 0.341. The van der Waals surface area contributed by atoms with Gasteiger partial charge in [-0.3, -0.25) is 4.79 Å². The maximum Gasteiger partial charge on any atom is 0.323 e. The van der Waals surface area contributed by atoms with Gasteiger partial charge in [0.05, 0.1) is 10.7 Å². The molecule has 0 radical (unpaired) electrons. The normalized spacial score (nSPS) is 10.9. The predicted molar refractivity (Wildman–Crippen MR) is 117 cm³/mol. The third-order valence-corrected chi connectivity index (χ3v) is 4.69. The van der Waals surface area contributed by atoms with Crippen molar-refractivity contribution in [2.24, 2.45) is 5.10 Å². The highest BCUT2D eigenvalue weighted by atomic mass is 79.9. The minimum absolute atomic E-state index is 0.00354. The van der Waals surface area contributed by atoms with Gasteiger partial charge in [-0.25, -0.2) is 5.43 Å². The number of hydrazone groups is 1. The van der Waals surface area contributed by atoms with E-state index in [0.29, 0.717) is 21.5 Å². The average Bonchev–Trinajstić information content (AvgIpc) is 2.72. The lowest BCUT2D eigenvalue weighted by Crippen LogP contribution is -2.40. The molecule has 0 spiro atoms. The number of halogens is 2. The van der Waals surface area contributed by atoms with Crippen molar-refractivity contribution in [1.29, 1.82) is 0 Å². The third kappa shape index (κ3) is 6.07. The molecule has 0 aliphatic heterocycles. The molecular formula is C21H16Br2N2O4. The van der Waals surface area contributed by atoms with Gasteiger partial charge in [0.1, 0.15) is 17.2 Å². The highest BCUT2D eigenvalue weighted by Crippen LogP contribution is 2.30. The molecular weight excluding hydrogens is 504 g/mol. The Morgan fingerprint density at radius 3 is 2.07 bits per heavy atom. The zero-order valence-electron chi connectivity index (χ0n) is 15.0. The number of nitrogens with one attached hydrogen (secondary N) is 1. The van der Waals surface area contributed by atoms with Crippen molar-refractivity contribution in [2.45, 2.75) is 6.29 Å². The van der Waals surface area contributed by atoms with Crippen LogP contribution >= 0.6 is 31.9 Å². The zero-order chi connectivity index (χ0) is 20.6. The van der Waals surface area contributed by atoms with Gasteiger partial charge in [0.25, 0.3) is 0 Å². The van der Waals surface area contributed by atoms with Crippen molar-refractivity contribution in [3.05, 3.63) is 87.3 Å². The SMILES string of the molecule is O=C(NN=Cc1cc(Br)cc(Br)c1O)C(Oc1ccccc1)Oc1ccccc1. The third-order valence-electron chi connectivity index (χ3n) is 3.62. The highest BCUT2D eigenvalue weighted by molar-refractivity contribution is 9.11. The first kappa shape index (κ1) is 20.9. The number of nitrogens with zero attached hydrogens (tertiary/aromatic N) is 1. The van der Waals surface area contributed by atoms with Crippen molar-refractivity contribution in [3.8, 4) is 17.2 Å². The first-order valence-electron chi connectivity index (χ1n) is 8.47. The van der Waals surface area contributed by atoms with Crippen LogP contribution in [0.15, 0.2) is 86.8 Å². The smallest absolute Gasteiger partial charge is 0.323 e. The molecule has 0 bridgehead atoms. The average molecular weight is 520 g/mol. The predicted octanol–water partition coefficient (Wildman–Crippen LogP) is 4.85. The van der Waals surface area contributed by atoms with Crippen molar-refractivity contribution < 1.29 is 19.4 Å². The van der Waals surface area contributed by atoms with E-state index in [1.54, 1.807) is 60.7 Å². The van der Waals surface area contributed by atoms with Crippen molar-refractivity contribution in [1.82, 2.24) is 5.43 Å². The molecule has 8 heteroatoms. The van der Waals surface area contributed by atoms with Crippen LogP contribution in [0, 0.1) is 0 Å². The van der Waals surface area contributed by atoms with Crippen LogP contribution in [-0.2, 0) is 4.79 Å². The fraction of sp³-hybridized carbons (Fsp3) is 0.0476. The molecule has 3 aromatic carbocycles. The van der Waals surface area contributed by atoms with Gasteiger partial charge in [0, 0.05) is 10.0 Å². The summed E-state index contributed by atoms with van der Waals surface area (Å²) in [6.07, 6.45) is 0.0602. The Morgan fingerprint density at radius 2 is 1.52 bits per heavy atom. The second-order valence-electron chi connectivity index (χ2n) is 5.75. The Bertz CT molecular complexity index is 957. The fourth-order valence-corrected chi connectivity index (χ4v) is 3.54. The number of para-hydroxylation sites is 2. The summed E-state index contributed by atoms with van der Waals surface area (Å²) in [5.41, 5.74) is 2.79. The first-order valence-corrected chi connectivity index (χ1v) is 10.1. The first-order chi connectivity index (χ1) is 14.0. The molecule has 3 aromatic rings. The van der Waals surface area contributed by atoms with Crippen LogP contribution < -0.4 is 14.9 Å². The lowest BCUT2D eigenvalue weighted by Gasteiger charge is -2.18. The summed E-state index contributed by atoms with van der Waals surface area (Å²) in [4.78, 5) is 12.6. The summed E-state index contributed by atoms with van der Waals surface area (Å²) in [6, 6.07) is 21.1. The Morgan fingerprint density at radius 1 is 0.966 bits per heavy atom. The summed E-state index contributed by atoms with van der Waals surface area (Å²) >= 11 is 6.58. The maximum absolute atomic E-state index is 12.6. The molecule has 0 atom stereocenters. The number of hydrogen-bond donors (Lipinski definition) is 2. The molecule has 6 nitrogen and oxygen atoms in total. The number of benzene rings is 3. The van der Waals surface area contributed by atoms with E-state index in [9.17, 15) is 9.90 Å². The lowest BCUT2D eigenvalue weighted by molar-refractivity contribution is -0.140. The Labute approximate surface area is 184 Å². The molecule has 3 rings (SSSR count). The van der Waals surface area contributed by atoms with E-state index in [0.717, 1.165) is 4.47 Å². The molecule has 0 saturated heterocycles. The van der Waals surface area contributed by atoms with Crippen LogP contribution in [-0.4, -0.2) is 23.5 Å². The lowest BCUT2D eigenvalue weighted by atomic mass is 10.2. The molecule has 0 unspecified atom stereocenters. The van der Waals surface area contributed by atoms with Crippen LogP contribution in [0.2, 0.25) is 0 Å². The van der Waals surface area contributed by atoms with E-state index in [-0.39, 0.29) is 5.75 Å². The number of carbonyl (C=O) groups is 1. The molecule has 0 aliphatic carbocycles. The van der Waals surface area contributed by atoms with E-state index in [2.05, 4.69) is 42.4 Å². The van der Waals surface area contributed by atoms with Crippen molar-refractivity contribution >= 4 is 44.0 Å². The highest BCUT2D eigenvalue weighted by Gasteiger charge is 2.22. The molecule has 0 fully saturated rings. The van der Waals surface area contributed by atoms with E-state index < -0.39 is 12.2 Å². The van der Waals surface area contributed by atoms with Crippen LogP contribution in [0.25, 0.3) is 0 Å². The standard InChI is InChI=1S/C21H16Br2N2O4/c22-15-11-14(19(26)18(23)12-15)13-24-25-20(27)21(28-16-7-3-1-4-8-16)29-17-9-5-2-6-10-17/h1-13,21,26H,(H,25,27). The minimum Gasteiger partial charge on any atom is -0.506 e. The number of ether oxygens (including phenoxy) is 2. The van der Waals surface area contributed by atoms with E-state index in [4.69, 9.17) is 9.47 Å². The van der Waals surface area contributed by atoms with E-state index >= 15 is 0 Å². The quantitative estimate of drug-likeness (QED) is 0.265. The molecule has 0 aromatic heterocycles. The summed E-state index contributed by atoms with van der Waals surface area (Å²) in [6.45, 7) is 0. The number of rotatable bonds is 7. The minimum atomic E-state index is -1.26. The van der Waals surface area contributed by atoms with Crippen LogP contribution in [0.1, 0.15) is 5.56 Å². The number of hydrogen-bond acceptors (Lipinski definition) is 5. The largest absolute Gasteiger partial charge is 0.506 e. The van der Waals surface area contributed by atoms with Gasteiger partial charge in [0.15, 0.2) is 0 Å². The summed E-state index contributed by atoms with van der Waals surface area (Å²) in [7, 11) is 0. The number of amides is 1. The number of aromatic hydroxyl groups is 1. The molecule has 0 heterocycles. The van der Waals surface area contributed by atoms with Crippen LogP contribution in [0.5, 0.6) is 17.2 Å². The monoisotopic (exact) mass is 518 g/mol. The summed E-state index contributed by atoms with van der Waals surface area (Å²) < 4.78 is 12.6. The van der Waals surface area contributed by atoms with Crippen molar-refractivity contribution in [3.63, 3.8) is 0 Å². The van der Waals surface area contributed by atoms with Crippen LogP contribution in [0.3, 0.4) is 0 Å². The van der Waals surface area contributed by atoms with Gasteiger partial charge in [-0.1, -0.05) is 52.3 Å². The van der Waals surface area contributed by atoms with Crippen molar-refractivity contribution in [2.75, 3.05) is 0 Å². The topological polar surface area (TPSA) is 80.2 Å². The van der Waals surface area contributed by atoms with Gasteiger partial charge in [-0.2, -0.15) is 5.10 Å². The molecule has 148 valence electrons. The van der Waals surface area contributed by atoms with Crippen LogP contribution in [0.4, 0.5) is 0 Å². The molecule has 0 aliphatic rings. The van der Waals surface area contributed by atoms with Gasteiger partial charge in [-0.15, -0.1) is 0 Å². The molecule has 0 saturated carbocycles. The Balaban J connectivity index is 1.73. The second kappa shape index (κ2) is 10.1. The maximum atomic E-state index is 12.6. The summed E-state index contributed by atoms with van der Waals surface area (Å²) in [5, 5.41) is 14.0.